The number of benzene rings is 1. The molecule has 0 aliphatic heterocycles. The Bertz CT molecular complexity index is 779. The monoisotopic (exact) mass is 403 g/mol. The maximum atomic E-state index is 12.5. The number of halogens is 2. The van der Waals surface area contributed by atoms with E-state index in [0.717, 1.165) is 43.5 Å². The van der Waals surface area contributed by atoms with E-state index in [1.165, 1.54) is 0 Å². The van der Waals surface area contributed by atoms with Gasteiger partial charge in [0.1, 0.15) is 0 Å². The van der Waals surface area contributed by atoms with Crippen LogP contribution >= 0.6 is 0 Å². The SMILES string of the molecule is C[C@H]1[C@H](C)CCC[C@@H]1NC(=O)COC(=O)c1ccc(S(=O)(=O)C(F)F)cc1. The molecule has 0 heterocycles. The minimum Gasteiger partial charge on any atom is -0.452 e. The molecule has 1 saturated carbocycles. The van der Waals surface area contributed by atoms with Gasteiger partial charge in [-0.3, -0.25) is 4.79 Å². The Hall–Kier alpha value is -2.03. The molecule has 0 bridgehead atoms. The molecule has 2 rings (SSSR count). The first-order valence-corrected chi connectivity index (χ1v) is 10.3. The molecule has 0 radical (unpaired) electrons. The van der Waals surface area contributed by atoms with E-state index in [1.54, 1.807) is 0 Å². The number of carbonyl (C=O) groups excluding carboxylic acids is 2. The molecule has 1 N–H and O–H groups in total. The van der Waals surface area contributed by atoms with Crippen LogP contribution < -0.4 is 5.32 Å². The predicted octanol–water partition coefficient (Wildman–Crippen LogP) is 2.78. The molecule has 1 amide bonds. The Kier molecular flexibility index (Phi) is 6.91. The van der Waals surface area contributed by atoms with Crippen LogP contribution in [-0.2, 0) is 19.4 Å². The smallest absolute Gasteiger partial charge is 0.341 e. The van der Waals surface area contributed by atoms with Crippen LogP contribution in [-0.4, -0.2) is 38.7 Å². The van der Waals surface area contributed by atoms with E-state index >= 15 is 0 Å². The molecule has 1 fully saturated rings. The second kappa shape index (κ2) is 8.77. The molecule has 1 aromatic carbocycles. The van der Waals surface area contributed by atoms with E-state index in [1.807, 2.05) is 0 Å². The fourth-order valence-electron chi connectivity index (χ4n) is 3.13. The summed E-state index contributed by atoms with van der Waals surface area (Å²) >= 11 is 0. The number of ether oxygens (including phenoxy) is 1. The second-order valence-electron chi connectivity index (χ2n) is 6.85. The number of carbonyl (C=O) groups is 2. The van der Waals surface area contributed by atoms with Crippen molar-refractivity contribution in [3.63, 3.8) is 0 Å². The first-order chi connectivity index (χ1) is 12.6. The number of nitrogens with one attached hydrogen (secondary N) is 1. The maximum Gasteiger partial charge on any atom is 0.341 e. The minimum absolute atomic E-state index is 0.0318. The summed E-state index contributed by atoms with van der Waals surface area (Å²) in [6.07, 6.45) is 3.04. The first-order valence-electron chi connectivity index (χ1n) is 8.71. The highest BCUT2D eigenvalue weighted by molar-refractivity contribution is 7.91. The summed E-state index contributed by atoms with van der Waals surface area (Å²) in [5.41, 5.74) is -0.0318. The predicted molar refractivity (Wildman–Crippen MR) is 94.0 cm³/mol. The highest BCUT2D eigenvalue weighted by Crippen LogP contribution is 2.29. The third-order valence-electron chi connectivity index (χ3n) is 5.04. The van der Waals surface area contributed by atoms with Gasteiger partial charge in [-0.15, -0.1) is 0 Å². The van der Waals surface area contributed by atoms with E-state index < -0.39 is 39.0 Å². The van der Waals surface area contributed by atoms with Crippen LogP contribution in [0.5, 0.6) is 0 Å². The summed E-state index contributed by atoms with van der Waals surface area (Å²) in [6, 6.07) is 3.99. The van der Waals surface area contributed by atoms with Gasteiger partial charge in [-0.05, 0) is 42.5 Å². The summed E-state index contributed by atoms with van der Waals surface area (Å²) in [7, 11) is -4.72. The van der Waals surface area contributed by atoms with Crippen LogP contribution in [0.1, 0.15) is 43.5 Å². The van der Waals surface area contributed by atoms with E-state index in [9.17, 15) is 26.8 Å². The second-order valence-corrected chi connectivity index (χ2v) is 8.77. The highest BCUT2D eigenvalue weighted by Gasteiger charge is 2.29. The van der Waals surface area contributed by atoms with Crippen molar-refractivity contribution in [2.24, 2.45) is 11.8 Å². The maximum absolute atomic E-state index is 12.5. The third kappa shape index (κ3) is 5.24. The standard InChI is InChI=1S/C18H23F2NO5S/c1-11-4-3-5-15(12(11)2)21-16(22)10-26-17(23)13-6-8-14(9-7-13)27(24,25)18(19)20/h6-9,11-12,15,18H,3-5,10H2,1-2H3,(H,21,22)/t11-,12+,15+/m1/s1. The third-order valence-corrected chi connectivity index (χ3v) is 6.44. The Morgan fingerprint density at radius 1 is 1.19 bits per heavy atom. The van der Waals surface area contributed by atoms with Gasteiger partial charge in [0.25, 0.3) is 5.91 Å². The Balaban J connectivity index is 1.89. The Labute approximate surface area is 157 Å². The fraction of sp³-hybridized carbons (Fsp3) is 0.556. The average molecular weight is 403 g/mol. The molecular formula is C18H23F2NO5S. The van der Waals surface area contributed by atoms with Crippen molar-refractivity contribution in [1.29, 1.82) is 0 Å². The van der Waals surface area contributed by atoms with Crippen LogP contribution in [0.25, 0.3) is 0 Å². The molecule has 1 aliphatic rings. The molecule has 27 heavy (non-hydrogen) atoms. The summed E-state index contributed by atoms with van der Waals surface area (Å²) in [5, 5.41) is 2.87. The lowest BCUT2D eigenvalue weighted by Crippen LogP contribution is -2.45. The van der Waals surface area contributed by atoms with Gasteiger partial charge in [0.2, 0.25) is 9.84 Å². The molecule has 1 aliphatic carbocycles. The van der Waals surface area contributed by atoms with Crippen LogP contribution in [0.15, 0.2) is 29.2 Å². The van der Waals surface area contributed by atoms with Crippen LogP contribution in [0, 0.1) is 11.8 Å². The van der Waals surface area contributed by atoms with Crippen molar-refractivity contribution in [2.45, 2.75) is 49.8 Å². The van der Waals surface area contributed by atoms with Crippen molar-refractivity contribution in [3.8, 4) is 0 Å². The van der Waals surface area contributed by atoms with E-state index in [0.29, 0.717) is 11.8 Å². The van der Waals surface area contributed by atoms with Gasteiger partial charge in [0, 0.05) is 6.04 Å². The molecule has 150 valence electrons. The van der Waals surface area contributed by atoms with Gasteiger partial charge in [0.05, 0.1) is 10.5 Å². The number of hydrogen-bond donors (Lipinski definition) is 1. The zero-order valence-corrected chi connectivity index (χ0v) is 16.0. The quantitative estimate of drug-likeness (QED) is 0.738. The summed E-state index contributed by atoms with van der Waals surface area (Å²) in [6.45, 7) is 3.75. The average Bonchev–Trinajstić information content (AvgIpc) is 2.63. The minimum atomic E-state index is -4.72. The van der Waals surface area contributed by atoms with Gasteiger partial charge in [-0.2, -0.15) is 8.78 Å². The summed E-state index contributed by atoms with van der Waals surface area (Å²) in [4.78, 5) is 23.4. The molecule has 0 spiro atoms. The first kappa shape index (κ1) is 21.3. The number of hydrogen-bond acceptors (Lipinski definition) is 5. The summed E-state index contributed by atoms with van der Waals surface area (Å²) < 4.78 is 52.6. The molecule has 9 heteroatoms. The Morgan fingerprint density at radius 3 is 2.41 bits per heavy atom. The zero-order valence-electron chi connectivity index (χ0n) is 15.2. The molecule has 3 atom stereocenters. The molecule has 0 saturated heterocycles. The lowest BCUT2D eigenvalue weighted by molar-refractivity contribution is -0.125. The number of sulfone groups is 1. The molecule has 0 unspecified atom stereocenters. The van der Waals surface area contributed by atoms with Crippen molar-refractivity contribution in [2.75, 3.05) is 6.61 Å². The number of rotatable bonds is 6. The Morgan fingerprint density at radius 2 is 1.81 bits per heavy atom. The van der Waals surface area contributed by atoms with Crippen LogP contribution in [0.3, 0.4) is 0 Å². The van der Waals surface area contributed by atoms with E-state index in [4.69, 9.17) is 4.74 Å². The molecule has 6 nitrogen and oxygen atoms in total. The van der Waals surface area contributed by atoms with Crippen molar-refractivity contribution < 1.29 is 31.5 Å². The lowest BCUT2D eigenvalue weighted by Gasteiger charge is -2.34. The normalized spacial score (nSPS) is 23.1. The number of amides is 1. The van der Waals surface area contributed by atoms with Crippen LogP contribution in [0.4, 0.5) is 8.78 Å². The molecule has 0 aromatic heterocycles. The van der Waals surface area contributed by atoms with Gasteiger partial charge in [-0.1, -0.05) is 26.7 Å². The van der Waals surface area contributed by atoms with Crippen molar-refractivity contribution in [3.05, 3.63) is 29.8 Å². The lowest BCUT2D eigenvalue weighted by atomic mass is 9.78. The van der Waals surface area contributed by atoms with E-state index in [-0.39, 0.29) is 11.6 Å². The number of alkyl halides is 2. The van der Waals surface area contributed by atoms with Gasteiger partial charge in [0.15, 0.2) is 6.61 Å². The zero-order chi connectivity index (χ0) is 20.2. The van der Waals surface area contributed by atoms with Gasteiger partial charge in [-0.25, -0.2) is 13.2 Å². The fourth-order valence-corrected chi connectivity index (χ4v) is 3.85. The molecular weight excluding hydrogens is 380 g/mol. The van der Waals surface area contributed by atoms with Gasteiger partial charge >= 0.3 is 11.7 Å². The topological polar surface area (TPSA) is 89.5 Å². The highest BCUT2D eigenvalue weighted by atomic mass is 32.2. The van der Waals surface area contributed by atoms with E-state index in [2.05, 4.69) is 19.2 Å². The molecule has 1 aromatic rings. The van der Waals surface area contributed by atoms with Gasteiger partial charge < -0.3 is 10.1 Å². The van der Waals surface area contributed by atoms with Crippen molar-refractivity contribution >= 4 is 21.7 Å². The summed E-state index contributed by atoms with van der Waals surface area (Å²) in [5.74, 6) is -3.94. The largest absolute Gasteiger partial charge is 0.452 e. The van der Waals surface area contributed by atoms with Crippen molar-refractivity contribution in [1.82, 2.24) is 5.32 Å². The number of esters is 1. The van der Waals surface area contributed by atoms with Crippen LogP contribution in [0.2, 0.25) is 0 Å².